The summed E-state index contributed by atoms with van der Waals surface area (Å²) in [4.78, 5) is 82.2. The maximum atomic E-state index is 16.8. The number of aromatic nitrogens is 2. The highest BCUT2D eigenvalue weighted by Gasteiger charge is 2.48. The number of likely N-dealkylation sites (N-methyl/N-ethyl adjacent to an activating group) is 1. The summed E-state index contributed by atoms with van der Waals surface area (Å²) < 4.78 is 37.5. The van der Waals surface area contributed by atoms with Gasteiger partial charge in [-0.3, -0.25) is 38.9 Å². The van der Waals surface area contributed by atoms with E-state index in [4.69, 9.17) is 19.2 Å². The SMILES string of the molecule is CCn1c(-c2cccnc2[C@H](C)OC)c2c3cc(ccc31)N1CCOC(C[C@@H](NC(=O)[C@H](C(C)C)N(C)C(=O)C3(F)CCN(C(=O)C#CC(C)(C)N(C)C)CC3)C(=O)N3CCC[C@H](N3)C(=O)OCC(C)(C)C2)C1. The predicted octanol–water partition coefficient (Wildman–Crippen LogP) is 5.29. The number of alkyl halides is 1. The molecule has 2 aromatic heterocycles. The van der Waals surface area contributed by atoms with E-state index in [1.165, 1.54) is 17.0 Å². The van der Waals surface area contributed by atoms with Gasteiger partial charge in [0.25, 0.3) is 17.7 Å². The van der Waals surface area contributed by atoms with Gasteiger partial charge in [0.15, 0.2) is 5.67 Å². The van der Waals surface area contributed by atoms with Gasteiger partial charge in [-0.2, -0.15) is 0 Å². The van der Waals surface area contributed by atoms with Crippen LogP contribution in [0.4, 0.5) is 10.1 Å². The highest BCUT2D eigenvalue weighted by Crippen LogP contribution is 2.42. The Balaban J connectivity index is 1.18. The molecule has 6 heterocycles. The summed E-state index contributed by atoms with van der Waals surface area (Å²) in [7, 11) is 6.82. The molecule has 17 nitrogen and oxygen atoms in total. The first kappa shape index (κ1) is 55.1. The van der Waals surface area contributed by atoms with Crippen LogP contribution in [0.15, 0.2) is 36.5 Å². The number of aryl methyl sites for hydroxylation is 1. The van der Waals surface area contributed by atoms with Crippen LogP contribution in [0.5, 0.6) is 0 Å². The average molecular weight is 1010 g/mol. The monoisotopic (exact) mass is 1010 g/mol. The third-order valence-electron chi connectivity index (χ3n) is 15.4. The van der Waals surface area contributed by atoms with Crippen LogP contribution in [0.3, 0.4) is 0 Å². The first-order chi connectivity index (χ1) is 34.5. The van der Waals surface area contributed by atoms with E-state index in [-0.39, 0.29) is 51.6 Å². The standard InChI is InChI=1S/C55H78FN9O8/c1-13-64-44-19-18-37-30-40(44)41(48(64)39-16-14-24-57-46(39)36(4)71-12)32-53(5,6)34-73-51(69)42-17-15-25-65(59-42)50(68)43(31-38-33-63(37)28-29-72-38)58-49(67)47(35(2)3)61(11)52(70)55(56)22-26-62(27-23-55)45(66)20-21-54(7,8)60(9)10/h14,16,18-19,24,30,35-36,38,42-43,47,59H,13,15,17,22-23,25-29,31-34H2,1-12H3,(H,58,67)/t36-,38?,42-,43+,47-/m0/s1. The molecule has 0 radical (unpaired) electrons. The van der Waals surface area contributed by atoms with Crippen molar-refractivity contribution in [2.45, 2.75) is 142 Å². The number of likely N-dealkylation sites (tertiary alicyclic amines) is 1. The van der Waals surface area contributed by atoms with Gasteiger partial charge in [-0.25, -0.2) is 9.82 Å². The van der Waals surface area contributed by atoms with E-state index in [0.29, 0.717) is 45.5 Å². The fourth-order valence-electron chi connectivity index (χ4n) is 10.6. The number of piperidine rings is 1. The number of nitrogens with zero attached hydrogens (tertiary/aromatic N) is 7. The Morgan fingerprint density at radius 1 is 1.07 bits per heavy atom. The second kappa shape index (κ2) is 22.5. The smallest absolute Gasteiger partial charge is 0.324 e. The van der Waals surface area contributed by atoms with Gasteiger partial charge < -0.3 is 38.8 Å². The number of methoxy groups -OCH3 is 1. The predicted molar refractivity (Wildman–Crippen MR) is 278 cm³/mol. The van der Waals surface area contributed by atoms with E-state index in [1.54, 1.807) is 27.2 Å². The molecule has 1 aromatic carbocycles. The van der Waals surface area contributed by atoms with Crippen molar-refractivity contribution < 1.29 is 42.6 Å². The second-order valence-corrected chi connectivity index (χ2v) is 22.2. The molecule has 3 saturated heterocycles. The van der Waals surface area contributed by atoms with Gasteiger partial charge in [-0.05, 0) is 109 Å². The van der Waals surface area contributed by atoms with E-state index in [0.717, 1.165) is 44.0 Å². The number of pyridine rings is 1. The van der Waals surface area contributed by atoms with Crippen LogP contribution in [0, 0.1) is 23.2 Å². The minimum Gasteiger partial charge on any atom is -0.464 e. The van der Waals surface area contributed by atoms with Crippen LogP contribution < -0.4 is 15.6 Å². The molecule has 398 valence electrons. The zero-order chi connectivity index (χ0) is 53.2. The number of hydrazine groups is 1. The molecule has 4 aliphatic heterocycles. The zero-order valence-corrected chi connectivity index (χ0v) is 45.1. The topological polar surface area (TPSA) is 171 Å². The lowest BCUT2D eigenvalue weighted by atomic mass is 9.84. The van der Waals surface area contributed by atoms with E-state index >= 15 is 4.39 Å². The molecule has 2 N–H and O–H groups in total. The highest BCUT2D eigenvalue weighted by atomic mass is 19.1. The van der Waals surface area contributed by atoms with Crippen molar-refractivity contribution in [3.63, 3.8) is 0 Å². The van der Waals surface area contributed by atoms with Crippen LogP contribution in [-0.2, 0) is 51.1 Å². The summed E-state index contributed by atoms with van der Waals surface area (Å²) in [6, 6.07) is 7.37. The molecule has 3 aromatic rings. The number of nitrogens with one attached hydrogen (secondary N) is 2. The lowest BCUT2D eigenvalue weighted by molar-refractivity contribution is -0.156. The third kappa shape index (κ3) is 12.0. The molecule has 73 heavy (non-hydrogen) atoms. The molecule has 0 aliphatic carbocycles. The molecule has 0 saturated carbocycles. The van der Waals surface area contributed by atoms with E-state index in [9.17, 15) is 24.0 Å². The number of cyclic esters (lactones) is 1. The molecule has 4 aliphatic rings. The number of ether oxygens (including phenoxy) is 3. The Morgan fingerprint density at radius 3 is 2.47 bits per heavy atom. The maximum Gasteiger partial charge on any atom is 0.324 e. The van der Waals surface area contributed by atoms with Crippen molar-refractivity contribution in [3.8, 4) is 23.1 Å². The number of carbonyl (C=O) groups is 5. The third-order valence-corrected chi connectivity index (χ3v) is 15.4. The van der Waals surface area contributed by atoms with Crippen LogP contribution in [0.1, 0.15) is 105 Å². The van der Waals surface area contributed by atoms with Crippen molar-refractivity contribution >= 4 is 46.2 Å². The molecule has 4 amide bonds. The Morgan fingerprint density at radius 2 is 1.79 bits per heavy atom. The molecule has 3 fully saturated rings. The number of hydrogen-bond donors (Lipinski definition) is 2. The molecule has 6 bridgehead atoms. The Kier molecular flexibility index (Phi) is 17.0. The number of carbonyl (C=O) groups excluding carboxylic acids is 5. The molecular weight excluding hydrogens is 934 g/mol. The minimum absolute atomic E-state index is 0.0172. The summed E-state index contributed by atoms with van der Waals surface area (Å²) in [6.45, 7) is 18.0. The fraction of sp³-hybridized carbons (Fsp3) is 0.636. The number of rotatable bonds is 10. The Hall–Kier alpha value is -5.61. The van der Waals surface area contributed by atoms with Gasteiger partial charge in [0.05, 0.1) is 42.3 Å². The molecule has 7 rings (SSSR count). The lowest BCUT2D eigenvalue weighted by Crippen LogP contribution is -2.63. The van der Waals surface area contributed by atoms with Crippen LogP contribution in [0.2, 0.25) is 0 Å². The number of hydrogen-bond acceptors (Lipinski definition) is 12. The van der Waals surface area contributed by atoms with Gasteiger partial charge in [0.2, 0.25) is 5.91 Å². The number of fused-ring (bicyclic) bond motifs is 6. The fourth-order valence-corrected chi connectivity index (χ4v) is 10.6. The van der Waals surface area contributed by atoms with Gasteiger partial charge >= 0.3 is 5.97 Å². The summed E-state index contributed by atoms with van der Waals surface area (Å²) in [6.07, 6.45) is 2.04. The first-order valence-electron chi connectivity index (χ1n) is 26.0. The van der Waals surface area contributed by atoms with E-state index < -0.39 is 76.4 Å². The molecule has 0 spiro atoms. The maximum absolute atomic E-state index is 16.8. The van der Waals surface area contributed by atoms with Crippen molar-refractivity contribution in [1.29, 1.82) is 0 Å². The van der Waals surface area contributed by atoms with Crippen molar-refractivity contribution in [1.82, 2.24) is 40.0 Å². The Bertz CT molecular complexity index is 2590. The summed E-state index contributed by atoms with van der Waals surface area (Å²) in [5.74, 6) is 2.27. The largest absolute Gasteiger partial charge is 0.464 e. The van der Waals surface area contributed by atoms with Crippen molar-refractivity contribution in [2.75, 3.05) is 79.1 Å². The number of esters is 1. The van der Waals surface area contributed by atoms with Gasteiger partial charge in [0, 0.05) is 106 Å². The quantitative estimate of drug-likeness (QED) is 0.199. The normalized spacial score (nSPS) is 22.5. The number of benzene rings is 1. The minimum atomic E-state index is -2.34. The highest BCUT2D eigenvalue weighted by molar-refractivity contribution is 5.97. The van der Waals surface area contributed by atoms with Gasteiger partial charge in [-0.1, -0.05) is 33.6 Å². The van der Waals surface area contributed by atoms with E-state index in [2.05, 4.69) is 77.1 Å². The second-order valence-electron chi connectivity index (χ2n) is 22.2. The van der Waals surface area contributed by atoms with Crippen molar-refractivity contribution in [2.24, 2.45) is 11.3 Å². The summed E-state index contributed by atoms with van der Waals surface area (Å²) in [5, 5.41) is 5.43. The number of amides is 4. The Labute approximate surface area is 430 Å². The van der Waals surface area contributed by atoms with Crippen LogP contribution >= 0.6 is 0 Å². The number of halogens is 1. The van der Waals surface area contributed by atoms with Gasteiger partial charge in [0.1, 0.15) is 18.1 Å². The summed E-state index contributed by atoms with van der Waals surface area (Å²) in [5.41, 5.74) is 5.66. The lowest BCUT2D eigenvalue weighted by Gasteiger charge is -2.41. The zero-order valence-electron chi connectivity index (χ0n) is 45.1. The number of morpholine rings is 1. The molecule has 5 atom stereocenters. The molecular formula is C55H78FN9O8. The van der Waals surface area contributed by atoms with Crippen LogP contribution in [0.25, 0.3) is 22.2 Å². The first-order valence-corrected chi connectivity index (χ1v) is 26.0. The number of anilines is 1. The molecule has 18 heteroatoms. The van der Waals surface area contributed by atoms with E-state index in [1.807, 2.05) is 45.8 Å². The average Bonchev–Trinajstić information content (AvgIpc) is 3.67. The van der Waals surface area contributed by atoms with Crippen LogP contribution in [-0.4, -0.2) is 168 Å². The van der Waals surface area contributed by atoms with Gasteiger partial charge in [-0.15, -0.1) is 0 Å². The van der Waals surface area contributed by atoms with Crippen molar-refractivity contribution in [3.05, 3.63) is 47.8 Å². The molecule has 1 unspecified atom stereocenters. The summed E-state index contributed by atoms with van der Waals surface area (Å²) >= 11 is 0.